The number of urea groups is 1. The van der Waals surface area contributed by atoms with Gasteiger partial charge in [-0.15, -0.1) is 0 Å². The lowest BCUT2D eigenvalue weighted by molar-refractivity contribution is -0.124. The number of aryl methyl sites for hydroxylation is 2. The molecule has 2 aromatic rings. The Morgan fingerprint density at radius 3 is 2.35 bits per heavy atom. The number of alkyl halides is 1. The van der Waals surface area contributed by atoms with Crippen LogP contribution in [0.25, 0.3) is 0 Å². The van der Waals surface area contributed by atoms with Crippen LogP contribution in [0.4, 0.5) is 15.0 Å². The van der Waals surface area contributed by atoms with E-state index in [1.165, 1.54) is 12.1 Å². The predicted octanol–water partition coefficient (Wildman–Crippen LogP) is 1.67. The Hall–Kier alpha value is -3.49. The van der Waals surface area contributed by atoms with Crippen molar-refractivity contribution < 1.29 is 18.8 Å². The molecule has 3 heterocycles. The van der Waals surface area contributed by atoms with Crippen LogP contribution in [-0.4, -0.2) is 60.6 Å². The number of rotatable bonds is 4. The molecule has 1 aromatic heterocycles. The van der Waals surface area contributed by atoms with Gasteiger partial charge in [0.2, 0.25) is 0 Å². The van der Waals surface area contributed by atoms with E-state index in [1.807, 2.05) is 20.0 Å². The zero-order valence-corrected chi connectivity index (χ0v) is 17.4. The Labute approximate surface area is 179 Å². The van der Waals surface area contributed by atoms with Gasteiger partial charge in [0, 0.05) is 37.9 Å². The maximum atomic E-state index is 13.7. The van der Waals surface area contributed by atoms with Crippen molar-refractivity contribution in [2.45, 2.75) is 19.4 Å². The van der Waals surface area contributed by atoms with Gasteiger partial charge in [0.1, 0.15) is 12.5 Å². The van der Waals surface area contributed by atoms with Crippen molar-refractivity contribution in [3.8, 4) is 0 Å². The van der Waals surface area contributed by atoms with Crippen molar-refractivity contribution in [3.05, 3.63) is 58.8 Å². The van der Waals surface area contributed by atoms with E-state index in [1.54, 1.807) is 17.0 Å². The minimum absolute atomic E-state index is 0.131. The molecule has 2 aliphatic rings. The molecule has 0 bridgehead atoms. The molecular formula is C22H24FN5O3. The fraction of sp³-hybridized carbons (Fsp3) is 0.364. The maximum absolute atomic E-state index is 13.7. The number of piperazine rings is 1. The van der Waals surface area contributed by atoms with Crippen LogP contribution in [0.3, 0.4) is 0 Å². The van der Waals surface area contributed by atoms with E-state index in [-0.39, 0.29) is 5.91 Å². The normalized spacial score (nSPS) is 21.1. The maximum Gasteiger partial charge on any atom is 0.322 e. The molecule has 9 heteroatoms. The molecule has 0 spiro atoms. The van der Waals surface area contributed by atoms with Crippen molar-refractivity contribution in [1.29, 1.82) is 0 Å². The lowest BCUT2D eigenvalue weighted by atomic mass is 9.90. The molecule has 0 unspecified atom stereocenters. The number of halogens is 1. The molecule has 8 nitrogen and oxygen atoms in total. The van der Waals surface area contributed by atoms with E-state index in [0.29, 0.717) is 37.3 Å². The van der Waals surface area contributed by atoms with Crippen LogP contribution in [0.5, 0.6) is 0 Å². The molecule has 2 saturated heterocycles. The number of nitrogens with zero attached hydrogens (tertiary/aromatic N) is 3. The van der Waals surface area contributed by atoms with Gasteiger partial charge in [-0.25, -0.2) is 14.2 Å². The molecule has 162 valence electrons. The second-order valence-electron chi connectivity index (χ2n) is 7.96. The molecule has 1 atom stereocenters. The van der Waals surface area contributed by atoms with Crippen LogP contribution in [0.2, 0.25) is 0 Å². The molecule has 31 heavy (non-hydrogen) atoms. The smallest absolute Gasteiger partial charge is 0.322 e. The Bertz CT molecular complexity index is 1030. The van der Waals surface area contributed by atoms with Crippen molar-refractivity contribution in [2.75, 3.05) is 37.8 Å². The second-order valence-corrected chi connectivity index (χ2v) is 7.96. The number of pyridine rings is 1. The van der Waals surface area contributed by atoms with Crippen LogP contribution in [0.15, 0.2) is 36.5 Å². The summed E-state index contributed by atoms with van der Waals surface area (Å²) in [6.07, 6.45) is 1.85. The molecule has 2 fully saturated rings. The molecule has 0 radical (unpaired) electrons. The van der Waals surface area contributed by atoms with Crippen molar-refractivity contribution in [3.63, 3.8) is 0 Å². The monoisotopic (exact) mass is 425 g/mol. The van der Waals surface area contributed by atoms with Gasteiger partial charge in [-0.05, 0) is 42.7 Å². The molecular weight excluding hydrogens is 401 g/mol. The number of amides is 4. The summed E-state index contributed by atoms with van der Waals surface area (Å²) in [6, 6.07) is 7.50. The number of nitrogens with one attached hydrogen (secondary N) is 2. The first-order chi connectivity index (χ1) is 14.8. The molecule has 4 amide bonds. The Balaban J connectivity index is 1.44. The molecule has 0 saturated carbocycles. The molecule has 2 N–H and O–H groups in total. The Kier molecular flexibility index (Phi) is 5.34. The Morgan fingerprint density at radius 1 is 1.13 bits per heavy atom. The van der Waals surface area contributed by atoms with Gasteiger partial charge in [-0.1, -0.05) is 18.2 Å². The number of benzene rings is 1. The van der Waals surface area contributed by atoms with E-state index in [0.717, 1.165) is 16.9 Å². The first-order valence-corrected chi connectivity index (χ1v) is 10.1. The first kappa shape index (κ1) is 20.8. The number of aromatic nitrogens is 1. The van der Waals surface area contributed by atoms with Crippen LogP contribution < -0.4 is 15.5 Å². The predicted molar refractivity (Wildman–Crippen MR) is 113 cm³/mol. The van der Waals surface area contributed by atoms with Gasteiger partial charge in [-0.3, -0.25) is 14.9 Å². The van der Waals surface area contributed by atoms with Gasteiger partial charge in [0.05, 0.1) is 0 Å². The number of anilines is 1. The van der Waals surface area contributed by atoms with E-state index >= 15 is 0 Å². The number of carbonyl (C=O) groups is 3. The first-order valence-electron chi connectivity index (χ1n) is 10.1. The largest absolute Gasteiger partial charge is 0.353 e. The van der Waals surface area contributed by atoms with Crippen molar-refractivity contribution in [2.24, 2.45) is 0 Å². The van der Waals surface area contributed by atoms with E-state index in [2.05, 4.69) is 26.6 Å². The highest BCUT2D eigenvalue weighted by Crippen LogP contribution is 2.26. The van der Waals surface area contributed by atoms with Crippen LogP contribution in [0, 0.1) is 13.8 Å². The summed E-state index contributed by atoms with van der Waals surface area (Å²) in [5, 5.41) is 4.40. The minimum atomic E-state index is -1.75. The fourth-order valence-corrected chi connectivity index (χ4v) is 4.11. The minimum Gasteiger partial charge on any atom is -0.353 e. The molecule has 1 aromatic carbocycles. The zero-order valence-electron chi connectivity index (χ0n) is 17.4. The van der Waals surface area contributed by atoms with Gasteiger partial charge in [0.25, 0.3) is 11.8 Å². The lowest BCUT2D eigenvalue weighted by Crippen LogP contribution is -2.49. The third-order valence-corrected chi connectivity index (χ3v) is 5.82. The standard InChI is InChI=1S/C22H24FN5O3/c1-14-11-15(2)18(24-12-14)27-7-9-28(10-8-27)19(29)16-3-5-17(6-4-16)22(13-23)20(30)25-21(31)26-22/h3-6,11-12H,7-10,13H2,1-2H3,(H2,25,26,30,31)/t22-/m0/s1. The van der Waals surface area contributed by atoms with E-state index in [4.69, 9.17) is 0 Å². The summed E-state index contributed by atoms with van der Waals surface area (Å²) >= 11 is 0. The van der Waals surface area contributed by atoms with Gasteiger partial charge < -0.3 is 15.1 Å². The van der Waals surface area contributed by atoms with Crippen LogP contribution in [-0.2, 0) is 10.3 Å². The summed E-state index contributed by atoms with van der Waals surface area (Å²) in [5.41, 5.74) is 1.22. The van der Waals surface area contributed by atoms with Gasteiger partial charge in [-0.2, -0.15) is 0 Å². The average molecular weight is 425 g/mol. The van der Waals surface area contributed by atoms with Crippen molar-refractivity contribution in [1.82, 2.24) is 20.5 Å². The summed E-state index contributed by atoms with van der Waals surface area (Å²) in [5.74, 6) is 0.0691. The number of imide groups is 1. The highest BCUT2D eigenvalue weighted by Gasteiger charge is 2.48. The summed E-state index contributed by atoms with van der Waals surface area (Å²) in [4.78, 5) is 44.9. The van der Waals surface area contributed by atoms with Gasteiger partial charge in [0.15, 0.2) is 5.54 Å². The number of hydrogen-bond donors (Lipinski definition) is 2. The lowest BCUT2D eigenvalue weighted by Gasteiger charge is -2.36. The van der Waals surface area contributed by atoms with Gasteiger partial charge >= 0.3 is 6.03 Å². The average Bonchev–Trinajstić information content (AvgIpc) is 3.07. The quantitative estimate of drug-likeness (QED) is 0.727. The third-order valence-electron chi connectivity index (χ3n) is 5.82. The molecule has 2 aliphatic heterocycles. The summed E-state index contributed by atoms with van der Waals surface area (Å²) in [6.45, 7) is 5.44. The highest BCUT2D eigenvalue weighted by atomic mass is 19.1. The van der Waals surface area contributed by atoms with Crippen LogP contribution in [0.1, 0.15) is 27.0 Å². The number of carbonyl (C=O) groups excluding carboxylic acids is 3. The third kappa shape index (κ3) is 3.71. The fourth-order valence-electron chi connectivity index (χ4n) is 4.11. The zero-order chi connectivity index (χ0) is 22.2. The highest BCUT2D eigenvalue weighted by molar-refractivity contribution is 6.07. The molecule has 0 aliphatic carbocycles. The summed E-state index contributed by atoms with van der Waals surface area (Å²) < 4.78 is 13.7. The second kappa shape index (κ2) is 7.98. The molecule has 4 rings (SSSR count). The van der Waals surface area contributed by atoms with Crippen molar-refractivity contribution >= 4 is 23.7 Å². The van der Waals surface area contributed by atoms with E-state index in [9.17, 15) is 18.8 Å². The topological polar surface area (TPSA) is 94.6 Å². The number of hydrogen-bond acceptors (Lipinski definition) is 5. The summed E-state index contributed by atoms with van der Waals surface area (Å²) in [7, 11) is 0. The SMILES string of the molecule is Cc1cnc(N2CCN(C(=O)c3ccc([C@]4(CF)NC(=O)NC4=O)cc3)CC2)c(C)c1. The van der Waals surface area contributed by atoms with Crippen LogP contribution >= 0.6 is 0 Å². The Morgan fingerprint density at radius 2 is 1.81 bits per heavy atom. The van der Waals surface area contributed by atoms with E-state index < -0.39 is 24.2 Å².